The van der Waals surface area contributed by atoms with Crippen LogP contribution in [0.3, 0.4) is 0 Å². The van der Waals surface area contributed by atoms with Crippen LogP contribution in [-0.4, -0.2) is 28.3 Å². The van der Waals surface area contributed by atoms with E-state index in [9.17, 15) is 4.79 Å². The van der Waals surface area contributed by atoms with Gasteiger partial charge in [0.2, 0.25) is 5.82 Å². The first-order chi connectivity index (χ1) is 13.0. The van der Waals surface area contributed by atoms with Crippen molar-refractivity contribution in [3.63, 3.8) is 0 Å². The van der Waals surface area contributed by atoms with Crippen LogP contribution in [0.4, 0.5) is 0 Å². The van der Waals surface area contributed by atoms with E-state index in [-0.39, 0.29) is 11.2 Å². The molecule has 1 aromatic heterocycles. The van der Waals surface area contributed by atoms with Crippen molar-refractivity contribution in [1.82, 2.24) is 9.97 Å². The SMILES string of the molecule is CC.CCOC(=O)c1ncc(C#Cc2ccc3c(c2)C(C)(C)CCS3)cn1. The smallest absolute Gasteiger partial charge is 0.376 e. The molecule has 4 nitrogen and oxygen atoms in total. The molecule has 1 aliphatic rings. The van der Waals surface area contributed by atoms with Gasteiger partial charge in [0.05, 0.1) is 12.2 Å². The maximum atomic E-state index is 11.5. The topological polar surface area (TPSA) is 52.1 Å². The lowest BCUT2D eigenvalue weighted by Gasteiger charge is -2.32. The van der Waals surface area contributed by atoms with Gasteiger partial charge in [-0.05, 0) is 48.3 Å². The minimum absolute atomic E-state index is 0.0555. The van der Waals surface area contributed by atoms with E-state index in [0.29, 0.717) is 12.2 Å². The van der Waals surface area contributed by atoms with Gasteiger partial charge in [-0.2, -0.15) is 0 Å². The Morgan fingerprint density at radius 2 is 1.85 bits per heavy atom. The van der Waals surface area contributed by atoms with Crippen molar-refractivity contribution in [2.75, 3.05) is 12.4 Å². The molecule has 0 atom stereocenters. The fourth-order valence-electron chi connectivity index (χ4n) is 2.65. The van der Waals surface area contributed by atoms with E-state index in [1.807, 2.05) is 31.7 Å². The van der Waals surface area contributed by atoms with E-state index in [1.165, 1.54) is 16.9 Å². The summed E-state index contributed by atoms with van der Waals surface area (Å²) in [5, 5.41) is 0. The number of thioether (sulfide) groups is 1. The lowest BCUT2D eigenvalue weighted by molar-refractivity contribution is 0.0512. The van der Waals surface area contributed by atoms with Gasteiger partial charge in [-0.3, -0.25) is 0 Å². The summed E-state index contributed by atoms with van der Waals surface area (Å²) in [5.41, 5.74) is 3.19. The molecule has 0 saturated carbocycles. The van der Waals surface area contributed by atoms with Crippen LogP contribution in [0.1, 0.15) is 68.3 Å². The van der Waals surface area contributed by atoms with Gasteiger partial charge >= 0.3 is 5.97 Å². The monoisotopic (exact) mass is 382 g/mol. The zero-order valence-electron chi connectivity index (χ0n) is 16.6. The van der Waals surface area contributed by atoms with Crippen LogP contribution in [0.5, 0.6) is 0 Å². The zero-order chi connectivity index (χ0) is 19.9. The largest absolute Gasteiger partial charge is 0.460 e. The van der Waals surface area contributed by atoms with E-state index >= 15 is 0 Å². The Balaban J connectivity index is 0.00000126. The van der Waals surface area contributed by atoms with Crippen molar-refractivity contribution in [2.24, 2.45) is 0 Å². The molecule has 3 rings (SSSR count). The molecule has 5 heteroatoms. The van der Waals surface area contributed by atoms with Gasteiger partial charge in [-0.25, -0.2) is 14.8 Å². The number of esters is 1. The molecule has 0 spiro atoms. The Morgan fingerprint density at radius 1 is 1.19 bits per heavy atom. The Hall–Kier alpha value is -2.32. The van der Waals surface area contributed by atoms with Crippen LogP contribution < -0.4 is 0 Å². The summed E-state index contributed by atoms with van der Waals surface area (Å²) >= 11 is 1.91. The molecule has 0 fully saturated rings. The number of rotatable bonds is 2. The molecule has 2 heterocycles. The Kier molecular flexibility index (Phi) is 7.44. The minimum atomic E-state index is -0.517. The first kappa shape index (κ1) is 21.0. The van der Waals surface area contributed by atoms with Gasteiger partial charge in [0.25, 0.3) is 0 Å². The van der Waals surface area contributed by atoms with Gasteiger partial charge in [0.1, 0.15) is 0 Å². The van der Waals surface area contributed by atoms with Crippen LogP contribution in [0, 0.1) is 11.8 Å². The average Bonchev–Trinajstić information content (AvgIpc) is 2.68. The van der Waals surface area contributed by atoms with E-state index in [2.05, 4.69) is 47.8 Å². The van der Waals surface area contributed by atoms with Crippen molar-refractivity contribution in [3.05, 3.63) is 53.1 Å². The van der Waals surface area contributed by atoms with Crippen LogP contribution in [0.2, 0.25) is 0 Å². The lowest BCUT2D eigenvalue weighted by atomic mass is 9.81. The van der Waals surface area contributed by atoms with E-state index in [0.717, 1.165) is 11.3 Å². The van der Waals surface area contributed by atoms with E-state index in [1.54, 1.807) is 19.3 Å². The number of carbonyl (C=O) groups excluding carboxylic acids is 1. The first-order valence-corrected chi connectivity index (χ1v) is 10.3. The maximum absolute atomic E-state index is 11.5. The number of nitrogens with zero attached hydrogens (tertiary/aromatic N) is 2. The summed E-state index contributed by atoms with van der Waals surface area (Å²) in [4.78, 5) is 20.9. The summed E-state index contributed by atoms with van der Waals surface area (Å²) in [6.45, 7) is 10.6. The Labute approximate surface area is 166 Å². The highest BCUT2D eigenvalue weighted by molar-refractivity contribution is 7.99. The minimum Gasteiger partial charge on any atom is -0.460 e. The molecular formula is C22H26N2O2S. The Bertz CT molecular complexity index is 849. The third kappa shape index (κ3) is 5.33. The third-order valence-corrected chi connectivity index (χ3v) is 5.23. The van der Waals surface area contributed by atoms with E-state index in [4.69, 9.17) is 4.74 Å². The summed E-state index contributed by atoms with van der Waals surface area (Å²) in [5.74, 6) is 6.93. The zero-order valence-corrected chi connectivity index (χ0v) is 17.4. The van der Waals surface area contributed by atoms with Crippen LogP contribution in [0.15, 0.2) is 35.5 Å². The van der Waals surface area contributed by atoms with Gasteiger partial charge in [-0.15, -0.1) is 11.8 Å². The lowest BCUT2D eigenvalue weighted by Crippen LogP contribution is -2.22. The van der Waals surface area contributed by atoms with Crippen molar-refractivity contribution in [3.8, 4) is 11.8 Å². The normalized spacial score (nSPS) is 14.0. The second-order valence-corrected chi connectivity index (χ2v) is 7.60. The molecule has 0 aliphatic carbocycles. The molecule has 27 heavy (non-hydrogen) atoms. The molecule has 1 aromatic carbocycles. The van der Waals surface area contributed by atoms with Gasteiger partial charge in [0.15, 0.2) is 0 Å². The molecule has 0 unspecified atom stereocenters. The second kappa shape index (κ2) is 9.57. The summed E-state index contributed by atoms with van der Waals surface area (Å²) < 4.78 is 4.87. The van der Waals surface area contributed by atoms with E-state index < -0.39 is 5.97 Å². The number of benzene rings is 1. The number of hydrogen-bond donors (Lipinski definition) is 0. The molecule has 2 aromatic rings. The van der Waals surface area contributed by atoms with Gasteiger partial charge < -0.3 is 4.74 Å². The number of carbonyl (C=O) groups is 1. The summed E-state index contributed by atoms with van der Waals surface area (Å²) in [6.07, 6.45) is 4.26. The van der Waals surface area contributed by atoms with Crippen LogP contribution >= 0.6 is 11.8 Å². The fourth-order valence-corrected chi connectivity index (χ4v) is 4.14. The van der Waals surface area contributed by atoms with Crippen molar-refractivity contribution >= 4 is 17.7 Å². The second-order valence-electron chi connectivity index (χ2n) is 6.46. The average molecular weight is 383 g/mol. The van der Waals surface area contributed by atoms with Crippen LogP contribution in [0.25, 0.3) is 0 Å². The number of hydrogen-bond acceptors (Lipinski definition) is 5. The summed E-state index contributed by atoms with van der Waals surface area (Å²) in [7, 11) is 0. The standard InChI is InChI=1S/C20H20N2O2S.C2H6/c1-4-24-19(23)18-21-12-15(13-22-18)6-5-14-7-8-17-16(11-14)20(2,3)9-10-25-17;1-2/h7-8,11-13H,4,9-10H2,1-3H3;1-2H3. The fraction of sp³-hybridized carbons (Fsp3) is 0.409. The highest BCUT2D eigenvalue weighted by Crippen LogP contribution is 2.41. The number of aromatic nitrogens is 2. The highest BCUT2D eigenvalue weighted by atomic mass is 32.2. The van der Waals surface area contributed by atoms with Crippen LogP contribution in [-0.2, 0) is 10.2 Å². The molecule has 0 radical (unpaired) electrons. The molecule has 0 N–H and O–H groups in total. The molecule has 0 saturated heterocycles. The quantitative estimate of drug-likeness (QED) is 0.549. The van der Waals surface area contributed by atoms with Crippen molar-refractivity contribution < 1.29 is 9.53 Å². The molecular weight excluding hydrogens is 356 g/mol. The van der Waals surface area contributed by atoms with Gasteiger partial charge in [-0.1, -0.05) is 39.5 Å². The van der Waals surface area contributed by atoms with Crippen molar-refractivity contribution in [1.29, 1.82) is 0 Å². The first-order valence-electron chi connectivity index (χ1n) is 9.28. The maximum Gasteiger partial charge on any atom is 0.376 e. The molecule has 1 aliphatic heterocycles. The molecule has 0 amide bonds. The number of ether oxygens (including phenoxy) is 1. The highest BCUT2D eigenvalue weighted by Gasteiger charge is 2.27. The molecule has 142 valence electrons. The predicted molar refractivity (Wildman–Crippen MR) is 110 cm³/mol. The third-order valence-electron chi connectivity index (χ3n) is 4.15. The predicted octanol–water partition coefficient (Wildman–Crippen LogP) is 4.85. The Morgan fingerprint density at radius 3 is 2.52 bits per heavy atom. The van der Waals surface area contributed by atoms with Gasteiger partial charge in [0, 0.05) is 22.9 Å². The van der Waals surface area contributed by atoms with Crippen molar-refractivity contribution in [2.45, 2.75) is 51.3 Å². The molecule has 0 bridgehead atoms. The number of fused-ring (bicyclic) bond motifs is 1. The summed E-state index contributed by atoms with van der Waals surface area (Å²) in [6, 6.07) is 6.39.